The fraction of sp³-hybridized carbons (Fsp3) is 0.333. The van der Waals surface area contributed by atoms with Crippen LogP contribution in [-0.2, 0) is 0 Å². The van der Waals surface area contributed by atoms with Crippen LogP contribution >= 0.6 is 38.9 Å². The third kappa shape index (κ3) is 4.06. The van der Waals surface area contributed by atoms with Gasteiger partial charge in [0.25, 0.3) is 0 Å². The van der Waals surface area contributed by atoms with Gasteiger partial charge in [-0.1, -0.05) is 30.7 Å². The van der Waals surface area contributed by atoms with Crippen LogP contribution < -0.4 is 5.32 Å². The Morgan fingerprint density at radius 2 is 1.89 bits per heavy atom. The van der Waals surface area contributed by atoms with Crippen LogP contribution in [0.4, 0.5) is 0 Å². The maximum absolute atomic E-state index is 5.94. The van der Waals surface area contributed by atoms with Gasteiger partial charge in [0.15, 0.2) is 0 Å². The van der Waals surface area contributed by atoms with Crippen molar-refractivity contribution in [1.29, 1.82) is 0 Å². The van der Waals surface area contributed by atoms with Crippen molar-refractivity contribution in [2.45, 2.75) is 32.4 Å². The molecule has 1 N–H and O–H groups in total. The number of rotatable bonds is 5. The molecule has 19 heavy (non-hydrogen) atoms. The van der Waals surface area contributed by atoms with Crippen LogP contribution in [0.5, 0.6) is 0 Å². The molecular formula is C15H17BrClNS. The molecule has 0 amide bonds. The molecule has 0 aliphatic rings. The molecule has 0 aliphatic carbocycles. The molecule has 1 heterocycles. The molecule has 2 atom stereocenters. The van der Waals surface area contributed by atoms with Crippen molar-refractivity contribution >= 4 is 38.9 Å². The lowest BCUT2D eigenvalue weighted by molar-refractivity contribution is 0.460. The van der Waals surface area contributed by atoms with Crippen LogP contribution in [0.3, 0.4) is 0 Å². The molecule has 2 rings (SSSR count). The van der Waals surface area contributed by atoms with E-state index in [9.17, 15) is 0 Å². The molecule has 102 valence electrons. The zero-order valence-corrected chi connectivity index (χ0v) is 14.1. The summed E-state index contributed by atoms with van der Waals surface area (Å²) in [5.74, 6) is 0. The van der Waals surface area contributed by atoms with Crippen molar-refractivity contribution in [3.8, 4) is 0 Å². The Balaban J connectivity index is 2.08. The highest BCUT2D eigenvalue weighted by Gasteiger charge is 2.14. The average Bonchev–Trinajstić information content (AvgIpc) is 2.84. The number of hydrogen-bond acceptors (Lipinski definition) is 2. The minimum Gasteiger partial charge on any atom is -0.303 e. The lowest BCUT2D eigenvalue weighted by atomic mass is 10.0. The molecule has 0 spiro atoms. The molecule has 0 aliphatic heterocycles. The SMILES string of the molecule is CCC(NC(C)c1ccc(Br)s1)c1ccc(Cl)cc1. The maximum Gasteiger partial charge on any atom is 0.0701 e. The fourth-order valence-electron chi connectivity index (χ4n) is 2.09. The second-order valence-electron chi connectivity index (χ2n) is 4.54. The normalized spacial score (nSPS) is 14.3. The van der Waals surface area contributed by atoms with Crippen LogP contribution in [0, 0.1) is 0 Å². The van der Waals surface area contributed by atoms with E-state index >= 15 is 0 Å². The van der Waals surface area contributed by atoms with E-state index in [0.717, 1.165) is 11.4 Å². The largest absolute Gasteiger partial charge is 0.303 e. The van der Waals surface area contributed by atoms with Gasteiger partial charge in [-0.3, -0.25) is 0 Å². The Morgan fingerprint density at radius 3 is 2.42 bits per heavy atom. The molecule has 1 aromatic heterocycles. The predicted molar refractivity (Wildman–Crippen MR) is 88.1 cm³/mol. The third-order valence-electron chi connectivity index (χ3n) is 3.15. The van der Waals surface area contributed by atoms with Crippen molar-refractivity contribution in [2.75, 3.05) is 0 Å². The van der Waals surface area contributed by atoms with E-state index in [-0.39, 0.29) is 0 Å². The summed E-state index contributed by atoms with van der Waals surface area (Å²) in [6.07, 6.45) is 1.05. The van der Waals surface area contributed by atoms with Crippen molar-refractivity contribution in [3.05, 3.63) is 55.6 Å². The zero-order chi connectivity index (χ0) is 13.8. The first kappa shape index (κ1) is 15.0. The summed E-state index contributed by atoms with van der Waals surface area (Å²) >= 11 is 11.2. The summed E-state index contributed by atoms with van der Waals surface area (Å²) < 4.78 is 1.18. The Labute approximate surface area is 132 Å². The van der Waals surface area contributed by atoms with Crippen molar-refractivity contribution in [3.63, 3.8) is 0 Å². The van der Waals surface area contributed by atoms with Gasteiger partial charge >= 0.3 is 0 Å². The highest BCUT2D eigenvalue weighted by molar-refractivity contribution is 9.11. The van der Waals surface area contributed by atoms with Gasteiger partial charge in [0.05, 0.1) is 3.79 Å². The molecule has 1 aromatic carbocycles. The minimum absolute atomic E-state index is 0.344. The van der Waals surface area contributed by atoms with Gasteiger partial charge in [-0.2, -0.15) is 0 Å². The first-order valence-electron chi connectivity index (χ1n) is 6.37. The molecule has 2 unspecified atom stereocenters. The van der Waals surface area contributed by atoms with Crippen molar-refractivity contribution in [2.24, 2.45) is 0 Å². The van der Waals surface area contributed by atoms with Crippen LogP contribution in [0.1, 0.15) is 42.8 Å². The van der Waals surface area contributed by atoms with Crippen LogP contribution in [0.25, 0.3) is 0 Å². The average molecular weight is 359 g/mol. The Hall–Kier alpha value is -0.350. The van der Waals surface area contributed by atoms with E-state index in [4.69, 9.17) is 11.6 Å². The topological polar surface area (TPSA) is 12.0 Å². The number of hydrogen-bond donors (Lipinski definition) is 1. The van der Waals surface area contributed by atoms with Gasteiger partial charge in [0.2, 0.25) is 0 Å². The highest BCUT2D eigenvalue weighted by atomic mass is 79.9. The van der Waals surface area contributed by atoms with E-state index in [1.54, 1.807) is 11.3 Å². The number of halogens is 2. The molecule has 0 saturated carbocycles. The standard InChI is InChI=1S/C15H17BrClNS/c1-3-13(11-4-6-12(17)7-5-11)18-10(2)14-8-9-15(16)19-14/h4-10,13,18H,3H2,1-2H3. The van der Waals surface area contributed by atoms with Crippen LogP contribution in [0.15, 0.2) is 40.2 Å². The van der Waals surface area contributed by atoms with E-state index in [1.165, 1.54) is 14.2 Å². The first-order chi connectivity index (χ1) is 9.10. The molecule has 4 heteroatoms. The van der Waals surface area contributed by atoms with Gasteiger partial charge in [-0.05, 0) is 59.1 Å². The number of nitrogens with one attached hydrogen (secondary N) is 1. The van der Waals surface area contributed by atoms with Gasteiger partial charge < -0.3 is 5.32 Å². The van der Waals surface area contributed by atoms with E-state index in [1.807, 2.05) is 12.1 Å². The second-order valence-corrected chi connectivity index (χ2v) is 7.47. The van der Waals surface area contributed by atoms with E-state index < -0.39 is 0 Å². The van der Waals surface area contributed by atoms with Gasteiger partial charge in [0, 0.05) is 22.0 Å². The molecule has 0 bridgehead atoms. The first-order valence-corrected chi connectivity index (χ1v) is 8.35. The minimum atomic E-state index is 0.344. The molecule has 0 fully saturated rings. The Kier molecular flexibility index (Phi) is 5.46. The quantitative estimate of drug-likeness (QED) is 0.694. The third-order valence-corrected chi connectivity index (χ3v) is 5.21. The van der Waals surface area contributed by atoms with Gasteiger partial charge in [-0.25, -0.2) is 0 Å². The summed E-state index contributed by atoms with van der Waals surface area (Å²) in [4.78, 5) is 1.35. The second kappa shape index (κ2) is 6.89. The molecular weight excluding hydrogens is 342 g/mol. The highest BCUT2D eigenvalue weighted by Crippen LogP contribution is 2.29. The van der Waals surface area contributed by atoms with E-state index in [0.29, 0.717) is 12.1 Å². The summed E-state index contributed by atoms with van der Waals surface area (Å²) in [7, 11) is 0. The maximum atomic E-state index is 5.94. The Bertz CT molecular complexity index is 523. The monoisotopic (exact) mass is 357 g/mol. The summed E-state index contributed by atoms with van der Waals surface area (Å²) in [6.45, 7) is 4.40. The molecule has 1 nitrogen and oxygen atoms in total. The molecule has 2 aromatic rings. The summed E-state index contributed by atoms with van der Waals surface area (Å²) in [5, 5.41) is 4.46. The lowest BCUT2D eigenvalue weighted by Gasteiger charge is -2.22. The number of benzene rings is 1. The zero-order valence-electron chi connectivity index (χ0n) is 11.0. The molecule has 0 radical (unpaired) electrons. The summed E-state index contributed by atoms with van der Waals surface area (Å²) in [6, 6.07) is 13.1. The van der Waals surface area contributed by atoms with Crippen molar-refractivity contribution in [1.82, 2.24) is 5.32 Å². The smallest absolute Gasteiger partial charge is 0.0701 e. The fourth-order valence-corrected chi connectivity index (χ4v) is 3.65. The van der Waals surface area contributed by atoms with Gasteiger partial charge in [0.1, 0.15) is 0 Å². The predicted octanol–water partition coefficient (Wildman–Crippen LogP) is 5.97. The van der Waals surface area contributed by atoms with Crippen LogP contribution in [0.2, 0.25) is 5.02 Å². The molecule has 0 saturated heterocycles. The van der Waals surface area contributed by atoms with Crippen molar-refractivity contribution < 1.29 is 0 Å². The lowest BCUT2D eigenvalue weighted by Crippen LogP contribution is -2.23. The number of thiophene rings is 1. The Morgan fingerprint density at radius 1 is 1.21 bits per heavy atom. The van der Waals surface area contributed by atoms with Crippen LogP contribution in [-0.4, -0.2) is 0 Å². The van der Waals surface area contributed by atoms with E-state index in [2.05, 4.69) is 59.4 Å². The summed E-state index contributed by atoms with van der Waals surface area (Å²) in [5.41, 5.74) is 1.29. The van der Waals surface area contributed by atoms with Gasteiger partial charge in [-0.15, -0.1) is 11.3 Å².